The number of benzene rings is 1. The molecular formula is C17H20N2O2S. The first-order valence-electron chi connectivity index (χ1n) is 7.61. The fourth-order valence-electron chi connectivity index (χ4n) is 2.96. The van der Waals surface area contributed by atoms with Crippen LogP contribution in [0.1, 0.15) is 46.7 Å². The van der Waals surface area contributed by atoms with Crippen molar-refractivity contribution in [2.75, 3.05) is 13.1 Å². The van der Waals surface area contributed by atoms with Crippen molar-refractivity contribution in [2.24, 2.45) is 0 Å². The van der Waals surface area contributed by atoms with Crippen LogP contribution in [-0.2, 0) is 0 Å². The summed E-state index contributed by atoms with van der Waals surface area (Å²) in [6.07, 6.45) is 2.58. The van der Waals surface area contributed by atoms with Crippen LogP contribution in [0.3, 0.4) is 0 Å². The number of nitrogens with zero attached hydrogens (tertiary/aromatic N) is 2. The first-order valence-corrected chi connectivity index (χ1v) is 8.43. The Morgan fingerprint density at radius 3 is 2.45 bits per heavy atom. The normalized spacial score (nSPS) is 16.8. The Labute approximate surface area is 134 Å². The van der Waals surface area contributed by atoms with E-state index in [-0.39, 0.29) is 0 Å². The molecule has 1 saturated heterocycles. The highest BCUT2D eigenvalue weighted by Gasteiger charge is 2.20. The lowest BCUT2D eigenvalue weighted by Gasteiger charge is -2.24. The van der Waals surface area contributed by atoms with Crippen LogP contribution in [0.5, 0.6) is 0 Å². The van der Waals surface area contributed by atoms with Gasteiger partial charge in [0.25, 0.3) is 0 Å². The molecule has 1 aromatic heterocycles. The predicted molar refractivity (Wildman–Crippen MR) is 88.5 cm³/mol. The molecule has 1 aliphatic rings. The molecule has 0 aliphatic carbocycles. The molecule has 116 valence electrons. The van der Waals surface area contributed by atoms with Gasteiger partial charge in [0.15, 0.2) is 0 Å². The molecule has 22 heavy (non-hydrogen) atoms. The predicted octanol–water partition coefficient (Wildman–Crippen LogP) is 3.97. The van der Waals surface area contributed by atoms with Crippen LogP contribution in [-0.4, -0.2) is 34.0 Å². The number of aromatic nitrogens is 1. The van der Waals surface area contributed by atoms with Crippen molar-refractivity contribution in [3.8, 4) is 10.6 Å². The van der Waals surface area contributed by atoms with Crippen LogP contribution in [0, 0.1) is 6.92 Å². The Balaban J connectivity index is 1.81. The monoisotopic (exact) mass is 316 g/mol. The van der Waals surface area contributed by atoms with Crippen LogP contribution in [0.25, 0.3) is 10.6 Å². The van der Waals surface area contributed by atoms with Crippen molar-refractivity contribution in [3.05, 3.63) is 40.4 Å². The molecule has 5 heteroatoms. The highest BCUT2D eigenvalue weighted by molar-refractivity contribution is 7.17. The average Bonchev–Trinajstić information content (AvgIpc) is 3.16. The van der Waals surface area contributed by atoms with E-state index in [4.69, 9.17) is 5.11 Å². The number of carbonyl (C=O) groups is 1. The molecule has 4 nitrogen and oxygen atoms in total. The van der Waals surface area contributed by atoms with Crippen LogP contribution < -0.4 is 0 Å². The van der Waals surface area contributed by atoms with Crippen LogP contribution in [0.2, 0.25) is 0 Å². The summed E-state index contributed by atoms with van der Waals surface area (Å²) in [7, 11) is 0. The summed E-state index contributed by atoms with van der Waals surface area (Å²) in [5.74, 6) is -0.902. The number of carboxylic acids is 1. The van der Waals surface area contributed by atoms with Crippen molar-refractivity contribution in [2.45, 2.75) is 32.7 Å². The van der Waals surface area contributed by atoms with Crippen molar-refractivity contribution >= 4 is 17.3 Å². The number of carboxylic acid groups (broad SMARTS) is 1. The third kappa shape index (κ3) is 2.91. The number of hydrogen-bond donors (Lipinski definition) is 1. The molecule has 0 radical (unpaired) electrons. The summed E-state index contributed by atoms with van der Waals surface area (Å²) in [5.41, 5.74) is 2.87. The van der Waals surface area contributed by atoms with Gasteiger partial charge in [0, 0.05) is 11.6 Å². The summed E-state index contributed by atoms with van der Waals surface area (Å²) >= 11 is 1.24. The standard InChI is InChI=1S/C17H20N2O2S/c1-11-15(17(20)21)22-16(18-11)14-7-5-13(6-8-14)12(2)19-9-3-4-10-19/h5-8,12H,3-4,9-10H2,1-2H3,(H,20,21). The van der Waals surface area contributed by atoms with Gasteiger partial charge in [0.05, 0.1) is 5.69 Å². The van der Waals surface area contributed by atoms with Crippen LogP contribution >= 0.6 is 11.3 Å². The zero-order chi connectivity index (χ0) is 15.7. The third-order valence-corrected chi connectivity index (χ3v) is 5.51. The topological polar surface area (TPSA) is 53.4 Å². The summed E-state index contributed by atoms with van der Waals surface area (Å²) in [6, 6.07) is 8.80. The second-order valence-corrected chi connectivity index (χ2v) is 6.78. The van der Waals surface area contributed by atoms with Crippen molar-refractivity contribution in [1.29, 1.82) is 0 Å². The highest BCUT2D eigenvalue weighted by atomic mass is 32.1. The highest BCUT2D eigenvalue weighted by Crippen LogP contribution is 2.30. The van der Waals surface area contributed by atoms with Gasteiger partial charge in [-0.3, -0.25) is 4.90 Å². The van der Waals surface area contributed by atoms with Gasteiger partial charge in [0.1, 0.15) is 9.88 Å². The van der Waals surface area contributed by atoms with E-state index in [1.54, 1.807) is 6.92 Å². The fourth-order valence-corrected chi connectivity index (χ4v) is 3.87. The SMILES string of the molecule is Cc1nc(-c2ccc(C(C)N3CCCC3)cc2)sc1C(=O)O. The molecule has 1 unspecified atom stereocenters. The first kappa shape index (κ1) is 15.2. The largest absolute Gasteiger partial charge is 0.477 e. The van der Waals surface area contributed by atoms with E-state index in [2.05, 4.69) is 28.9 Å². The second kappa shape index (κ2) is 6.18. The van der Waals surface area contributed by atoms with Gasteiger partial charge >= 0.3 is 5.97 Å². The maximum atomic E-state index is 11.1. The van der Waals surface area contributed by atoms with E-state index in [0.29, 0.717) is 16.6 Å². The minimum Gasteiger partial charge on any atom is -0.477 e. The lowest BCUT2D eigenvalue weighted by Crippen LogP contribution is -2.23. The first-order chi connectivity index (χ1) is 10.6. The summed E-state index contributed by atoms with van der Waals surface area (Å²) in [5, 5.41) is 9.90. The van der Waals surface area contributed by atoms with Crippen molar-refractivity contribution in [1.82, 2.24) is 9.88 Å². The van der Waals surface area contributed by atoms with E-state index < -0.39 is 5.97 Å². The Kier molecular flexibility index (Phi) is 4.27. The molecule has 1 aromatic carbocycles. The number of hydrogen-bond acceptors (Lipinski definition) is 4. The number of aromatic carboxylic acids is 1. The molecule has 1 aliphatic heterocycles. The number of rotatable bonds is 4. The minimum atomic E-state index is -0.902. The lowest BCUT2D eigenvalue weighted by atomic mass is 10.1. The van der Waals surface area contributed by atoms with E-state index in [1.165, 1.54) is 42.8 Å². The molecule has 1 fully saturated rings. The lowest BCUT2D eigenvalue weighted by molar-refractivity contribution is 0.0701. The van der Waals surface area contributed by atoms with Crippen LogP contribution in [0.15, 0.2) is 24.3 Å². The van der Waals surface area contributed by atoms with Gasteiger partial charge in [-0.1, -0.05) is 24.3 Å². The van der Waals surface area contributed by atoms with Crippen LogP contribution in [0.4, 0.5) is 0 Å². The molecule has 2 aromatic rings. The Morgan fingerprint density at radius 2 is 1.91 bits per heavy atom. The minimum absolute atomic E-state index is 0.324. The Morgan fingerprint density at radius 1 is 1.27 bits per heavy atom. The van der Waals surface area contributed by atoms with E-state index in [1.807, 2.05) is 12.1 Å². The van der Waals surface area contributed by atoms with Gasteiger partial charge in [-0.05, 0) is 45.3 Å². The summed E-state index contributed by atoms with van der Waals surface area (Å²) < 4.78 is 0. The number of likely N-dealkylation sites (tertiary alicyclic amines) is 1. The van der Waals surface area contributed by atoms with E-state index >= 15 is 0 Å². The third-order valence-electron chi connectivity index (χ3n) is 4.32. The molecule has 1 atom stereocenters. The van der Waals surface area contributed by atoms with E-state index in [9.17, 15) is 4.79 Å². The molecule has 0 saturated carbocycles. The molecule has 0 amide bonds. The molecule has 0 spiro atoms. The molecule has 1 N–H and O–H groups in total. The molecule has 3 rings (SSSR count). The average molecular weight is 316 g/mol. The fraction of sp³-hybridized carbons (Fsp3) is 0.412. The van der Waals surface area contributed by atoms with E-state index in [0.717, 1.165) is 10.6 Å². The zero-order valence-electron chi connectivity index (χ0n) is 12.9. The summed E-state index contributed by atoms with van der Waals surface area (Å²) in [6.45, 7) is 6.34. The molecule has 2 heterocycles. The maximum Gasteiger partial charge on any atom is 0.347 e. The zero-order valence-corrected chi connectivity index (χ0v) is 13.7. The molecule has 0 bridgehead atoms. The second-order valence-electron chi connectivity index (χ2n) is 5.78. The van der Waals surface area contributed by atoms with Gasteiger partial charge in [-0.25, -0.2) is 9.78 Å². The number of thiazole rings is 1. The Bertz CT molecular complexity index is 672. The van der Waals surface area contributed by atoms with Gasteiger partial charge < -0.3 is 5.11 Å². The van der Waals surface area contributed by atoms with Crippen molar-refractivity contribution < 1.29 is 9.90 Å². The summed E-state index contributed by atoms with van der Waals surface area (Å²) in [4.78, 5) is 18.3. The van der Waals surface area contributed by atoms with Gasteiger partial charge in [-0.15, -0.1) is 11.3 Å². The van der Waals surface area contributed by atoms with Gasteiger partial charge in [-0.2, -0.15) is 0 Å². The maximum absolute atomic E-state index is 11.1. The quantitative estimate of drug-likeness (QED) is 0.927. The Hall–Kier alpha value is -1.72. The molecular weight excluding hydrogens is 296 g/mol. The smallest absolute Gasteiger partial charge is 0.347 e. The van der Waals surface area contributed by atoms with Gasteiger partial charge in [0.2, 0.25) is 0 Å². The number of aryl methyl sites for hydroxylation is 1. The van der Waals surface area contributed by atoms with Crippen molar-refractivity contribution in [3.63, 3.8) is 0 Å².